The summed E-state index contributed by atoms with van der Waals surface area (Å²) < 4.78 is 45.4. The summed E-state index contributed by atoms with van der Waals surface area (Å²) in [6, 6.07) is 5.00. The minimum atomic E-state index is -4.32. The van der Waals surface area contributed by atoms with E-state index in [2.05, 4.69) is 0 Å². The van der Waals surface area contributed by atoms with Gasteiger partial charge in [-0.25, -0.2) is 0 Å². The highest BCUT2D eigenvalue weighted by Gasteiger charge is 2.36. The molecule has 1 nitrogen and oxygen atoms in total. The second-order valence-electron chi connectivity index (χ2n) is 4.26. The van der Waals surface area contributed by atoms with Gasteiger partial charge in [-0.1, -0.05) is 36.8 Å². The van der Waals surface area contributed by atoms with Crippen LogP contribution < -0.4 is 4.74 Å². The fourth-order valence-electron chi connectivity index (χ4n) is 2.12. The molecule has 0 aliphatic carbocycles. The first-order chi connectivity index (χ1) is 8.97. The molecule has 0 N–H and O–H groups in total. The summed E-state index contributed by atoms with van der Waals surface area (Å²) in [6.45, 7) is 4.15. The van der Waals surface area contributed by atoms with E-state index in [9.17, 15) is 13.2 Å². The Morgan fingerprint density at radius 2 is 1.95 bits per heavy atom. The lowest BCUT2D eigenvalue weighted by atomic mass is 10.0. The third-order valence-electron chi connectivity index (χ3n) is 2.84. The number of fused-ring (bicyclic) bond motifs is 1. The minimum Gasteiger partial charge on any atom is -0.484 e. The molecule has 0 aliphatic rings. The number of hydrogen-bond acceptors (Lipinski definition) is 2. The maximum atomic E-state index is 13.3. The first kappa shape index (κ1) is 14.2. The highest BCUT2D eigenvalue weighted by atomic mass is 32.1. The lowest BCUT2D eigenvalue weighted by Crippen LogP contribution is -2.09. The van der Waals surface area contributed by atoms with Gasteiger partial charge in [-0.05, 0) is 30.4 Å². The third kappa shape index (κ3) is 2.86. The van der Waals surface area contributed by atoms with Crippen molar-refractivity contribution in [1.82, 2.24) is 0 Å². The predicted molar refractivity (Wildman–Crippen MR) is 72.0 cm³/mol. The van der Waals surface area contributed by atoms with Crippen molar-refractivity contribution >= 4 is 21.4 Å². The van der Waals surface area contributed by atoms with Crippen molar-refractivity contribution < 1.29 is 17.9 Å². The van der Waals surface area contributed by atoms with E-state index in [1.54, 1.807) is 18.2 Å². The van der Waals surface area contributed by atoms with Crippen molar-refractivity contribution in [3.05, 3.63) is 29.3 Å². The van der Waals surface area contributed by atoms with Gasteiger partial charge in [-0.3, -0.25) is 0 Å². The van der Waals surface area contributed by atoms with Crippen LogP contribution in [0.4, 0.5) is 13.2 Å². The Morgan fingerprint density at radius 3 is 2.53 bits per heavy atom. The molecule has 2 rings (SSSR count). The summed E-state index contributed by atoms with van der Waals surface area (Å²) in [5.74, 6) is 0. The molecule has 0 bridgehead atoms. The zero-order valence-corrected chi connectivity index (χ0v) is 11.6. The van der Waals surface area contributed by atoms with Crippen LogP contribution in [-0.4, -0.2) is 6.61 Å². The first-order valence-electron chi connectivity index (χ1n) is 6.22. The van der Waals surface area contributed by atoms with Crippen LogP contribution in [0.2, 0.25) is 0 Å². The molecule has 1 aromatic heterocycles. The molecule has 0 aliphatic heterocycles. The molecule has 19 heavy (non-hydrogen) atoms. The van der Waals surface area contributed by atoms with Gasteiger partial charge < -0.3 is 4.74 Å². The molecule has 0 fully saturated rings. The van der Waals surface area contributed by atoms with Crippen LogP contribution in [0, 0.1) is 0 Å². The highest BCUT2D eigenvalue weighted by Crippen LogP contribution is 2.43. The van der Waals surface area contributed by atoms with Gasteiger partial charge in [0.1, 0.15) is 0 Å². The monoisotopic (exact) mass is 288 g/mol. The van der Waals surface area contributed by atoms with Gasteiger partial charge in [0.05, 0.1) is 16.9 Å². The van der Waals surface area contributed by atoms with E-state index < -0.39 is 11.7 Å². The SMILES string of the molecule is CCCc1ccc2cc(OCC)sc2c1C(F)(F)F. The summed E-state index contributed by atoms with van der Waals surface area (Å²) in [5.41, 5.74) is -0.129. The Bertz CT molecular complexity index is 572. The van der Waals surface area contributed by atoms with Crippen molar-refractivity contribution in [1.29, 1.82) is 0 Å². The molecule has 0 spiro atoms. The summed E-state index contributed by atoms with van der Waals surface area (Å²) >= 11 is 1.07. The number of halogens is 3. The summed E-state index contributed by atoms with van der Waals surface area (Å²) in [6.07, 6.45) is -3.19. The van der Waals surface area contributed by atoms with Gasteiger partial charge in [0.2, 0.25) is 0 Å². The van der Waals surface area contributed by atoms with Crippen molar-refractivity contribution in [3.8, 4) is 5.06 Å². The van der Waals surface area contributed by atoms with Crippen LogP contribution in [0.1, 0.15) is 31.4 Å². The van der Waals surface area contributed by atoms with E-state index in [0.717, 1.165) is 11.3 Å². The molecule has 2 aromatic rings. The van der Waals surface area contributed by atoms with Gasteiger partial charge in [0.25, 0.3) is 0 Å². The number of rotatable bonds is 4. The second-order valence-corrected chi connectivity index (χ2v) is 5.28. The molecular weight excluding hydrogens is 273 g/mol. The smallest absolute Gasteiger partial charge is 0.418 e. The summed E-state index contributed by atoms with van der Waals surface area (Å²) in [4.78, 5) is 0. The number of benzene rings is 1. The summed E-state index contributed by atoms with van der Waals surface area (Å²) in [7, 11) is 0. The Kier molecular flexibility index (Phi) is 4.04. The van der Waals surface area contributed by atoms with Gasteiger partial charge in [0, 0.05) is 0 Å². The molecule has 0 saturated carbocycles. The molecule has 0 radical (unpaired) electrons. The molecule has 0 amide bonds. The first-order valence-corrected chi connectivity index (χ1v) is 7.04. The van der Waals surface area contributed by atoms with Gasteiger partial charge >= 0.3 is 6.18 Å². The van der Waals surface area contributed by atoms with Crippen LogP contribution in [0.3, 0.4) is 0 Å². The Hall–Kier alpha value is -1.23. The van der Waals surface area contributed by atoms with Crippen LogP contribution >= 0.6 is 11.3 Å². The van der Waals surface area contributed by atoms with E-state index >= 15 is 0 Å². The molecule has 0 saturated heterocycles. The van der Waals surface area contributed by atoms with Gasteiger partial charge in [-0.15, -0.1) is 0 Å². The maximum absolute atomic E-state index is 13.3. The molecule has 0 unspecified atom stereocenters. The van der Waals surface area contributed by atoms with Crippen molar-refractivity contribution in [2.24, 2.45) is 0 Å². The van der Waals surface area contributed by atoms with E-state index in [4.69, 9.17) is 4.74 Å². The average Bonchev–Trinajstić information content (AvgIpc) is 2.70. The number of alkyl halides is 3. The molecule has 104 valence electrons. The standard InChI is InChI=1S/C14H15F3OS/c1-3-5-9-6-7-10-8-11(18-4-2)19-13(10)12(9)14(15,16)17/h6-8H,3-5H2,1-2H3. The Balaban J connectivity index is 2.64. The molecule has 0 atom stereocenters. The fraction of sp³-hybridized carbons (Fsp3) is 0.429. The quantitative estimate of drug-likeness (QED) is 0.744. The van der Waals surface area contributed by atoms with Crippen LogP contribution in [0.15, 0.2) is 18.2 Å². The van der Waals surface area contributed by atoms with Crippen LogP contribution in [-0.2, 0) is 12.6 Å². The molecule has 5 heteroatoms. The van der Waals surface area contributed by atoms with Crippen molar-refractivity contribution in [3.63, 3.8) is 0 Å². The molecular formula is C14H15F3OS. The molecule has 1 aromatic carbocycles. The lowest BCUT2D eigenvalue weighted by molar-refractivity contribution is -0.136. The molecule has 1 heterocycles. The maximum Gasteiger partial charge on any atom is 0.418 e. The topological polar surface area (TPSA) is 9.23 Å². The van der Waals surface area contributed by atoms with E-state index in [1.807, 2.05) is 13.8 Å². The third-order valence-corrected chi connectivity index (χ3v) is 3.92. The zero-order chi connectivity index (χ0) is 14.0. The van der Waals surface area contributed by atoms with Gasteiger partial charge in [0.15, 0.2) is 5.06 Å². The largest absolute Gasteiger partial charge is 0.484 e. The van der Waals surface area contributed by atoms with Gasteiger partial charge in [-0.2, -0.15) is 13.2 Å². The van der Waals surface area contributed by atoms with E-state index in [-0.39, 0.29) is 4.70 Å². The van der Waals surface area contributed by atoms with Crippen molar-refractivity contribution in [2.45, 2.75) is 32.9 Å². The fourth-order valence-corrected chi connectivity index (χ4v) is 3.28. The second kappa shape index (κ2) is 5.41. The van der Waals surface area contributed by atoms with E-state index in [0.29, 0.717) is 35.5 Å². The predicted octanol–water partition coefficient (Wildman–Crippen LogP) is 5.27. The van der Waals surface area contributed by atoms with Crippen LogP contribution in [0.25, 0.3) is 10.1 Å². The minimum absolute atomic E-state index is 0.280. The Morgan fingerprint density at radius 1 is 1.21 bits per heavy atom. The van der Waals surface area contributed by atoms with Crippen LogP contribution in [0.5, 0.6) is 5.06 Å². The number of thiophene rings is 1. The normalized spacial score (nSPS) is 12.1. The van der Waals surface area contributed by atoms with E-state index in [1.165, 1.54) is 0 Å². The average molecular weight is 288 g/mol. The van der Waals surface area contributed by atoms with Crippen molar-refractivity contribution in [2.75, 3.05) is 6.61 Å². The number of aryl methyl sites for hydroxylation is 1. The lowest BCUT2D eigenvalue weighted by Gasteiger charge is -2.13. The Labute approximate surface area is 114 Å². The summed E-state index contributed by atoms with van der Waals surface area (Å²) in [5, 5.41) is 1.14. The number of hydrogen-bond donors (Lipinski definition) is 0. The highest BCUT2D eigenvalue weighted by molar-refractivity contribution is 7.21. The zero-order valence-electron chi connectivity index (χ0n) is 10.8. The number of ether oxygens (including phenoxy) is 1.